The summed E-state index contributed by atoms with van der Waals surface area (Å²) < 4.78 is 32.4. The summed E-state index contributed by atoms with van der Waals surface area (Å²) in [5.74, 6) is -2.29. The highest BCUT2D eigenvalue weighted by molar-refractivity contribution is 6.17. The number of ether oxygens (including phenoxy) is 1. The molecule has 20 heavy (non-hydrogen) atoms. The van der Waals surface area contributed by atoms with Gasteiger partial charge < -0.3 is 4.74 Å². The van der Waals surface area contributed by atoms with Crippen molar-refractivity contribution >= 4 is 17.3 Å². The molecule has 0 heterocycles. The Hall–Kier alpha value is -2.21. The van der Waals surface area contributed by atoms with Crippen LogP contribution in [-0.2, 0) is 5.88 Å². The van der Waals surface area contributed by atoms with Gasteiger partial charge in [0.05, 0.1) is 4.92 Å². The second-order valence-electron chi connectivity index (χ2n) is 3.88. The first-order valence-electron chi connectivity index (χ1n) is 5.47. The summed E-state index contributed by atoms with van der Waals surface area (Å²) in [5.41, 5.74) is 0.147. The van der Waals surface area contributed by atoms with Crippen molar-refractivity contribution in [2.45, 2.75) is 5.88 Å². The zero-order valence-corrected chi connectivity index (χ0v) is 10.7. The van der Waals surface area contributed by atoms with E-state index < -0.39 is 22.3 Å². The van der Waals surface area contributed by atoms with Crippen molar-refractivity contribution in [2.75, 3.05) is 0 Å². The lowest BCUT2D eigenvalue weighted by Crippen LogP contribution is -1.95. The second kappa shape index (κ2) is 5.83. The van der Waals surface area contributed by atoms with Gasteiger partial charge in [-0.2, -0.15) is 0 Å². The minimum atomic E-state index is -0.890. The van der Waals surface area contributed by atoms with Crippen LogP contribution in [0.4, 0.5) is 14.5 Å². The maximum absolute atomic E-state index is 13.7. The number of nitrogens with zero attached hydrogens (tertiary/aromatic N) is 1. The summed E-state index contributed by atoms with van der Waals surface area (Å²) in [6.45, 7) is 0. The van der Waals surface area contributed by atoms with Crippen LogP contribution in [0.25, 0.3) is 0 Å². The SMILES string of the molecule is O=[N+]([O-])c1ccc(Oc2c(F)cc(CCl)cc2F)cc1. The quantitative estimate of drug-likeness (QED) is 0.477. The Morgan fingerprint density at radius 1 is 1.15 bits per heavy atom. The molecule has 2 aromatic carbocycles. The summed E-state index contributed by atoms with van der Waals surface area (Å²) in [4.78, 5) is 9.90. The zero-order chi connectivity index (χ0) is 14.7. The topological polar surface area (TPSA) is 52.4 Å². The number of hydrogen-bond acceptors (Lipinski definition) is 3. The highest BCUT2D eigenvalue weighted by Crippen LogP contribution is 2.30. The molecule has 104 valence electrons. The second-order valence-corrected chi connectivity index (χ2v) is 4.14. The maximum atomic E-state index is 13.7. The highest BCUT2D eigenvalue weighted by atomic mass is 35.5. The van der Waals surface area contributed by atoms with Gasteiger partial charge in [-0.05, 0) is 29.8 Å². The number of hydrogen-bond donors (Lipinski definition) is 0. The fraction of sp³-hybridized carbons (Fsp3) is 0.0769. The van der Waals surface area contributed by atoms with E-state index in [0.717, 1.165) is 12.1 Å². The lowest BCUT2D eigenvalue weighted by Gasteiger charge is -2.08. The van der Waals surface area contributed by atoms with E-state index in [9.17, 15) is 18.9 Å². The van der Waals surface area contributed by atoms with Crippen molar-refractivity contribution in [1.82, 2.24) is 0 Å². The largest absolute Gasteiger partial charge is 0.451 e. The lowest BCUT2D eigenvalue weighted by molar-refractivity contribution is -0.384. The van der Waals surface area contributed by atoms with E-state index in [2.05, 4.69) is 0 Å². The summed E-state index contributed by atoms with van der Waals surface area (Å²) in [6, 6.07) is 7.00. The van der Waals surface area contributed by atoms with E-state index >= 15 is 0 Å². The smallest absolute Gasteiger partial charge is 0.269 e. The Kier molecular flexibility index (Phi) is 4.14. The number of halogens is 3. The van der Waals surface area contributed by atoms with Crippen LogP contribution in [0.15, 0.2) is 36.4 Å². The van der Waals surface area contributed by atoms with Gasteiger partial charge in [-0.15, -0.1) is 11.6 Å². The Balaban J connectivity index is 2.28. The number of benzene rings is 2. The average molecular weight is 300 g/mol. The Bertz CT molecular complexity index is 624. The van der Waals surface area contributed by atoms with Crippen LogP contribution < -0.4 is 4.74 Å². The molecule has 0 spiro atoms. The fourth-order valence-corrected chi connectivity index (χ4v) is 1.70. The van der Waals surface area contributed by atoms with Gasteiger partial charge in [0.15, 0.2) is 17.4 Å². The van der Waals surface area contributed by atoms with Gasteiger partial charge in [-0.25, -0.2) is 8.78 Å². The minimum Gasteiger partial charge on any atom is -0.451 e. The number of nitro groups is 1. The monoisotopic (exact) mass is 299 g/mol. The molecule has 2 aromatic rings. The number of nitro benzene ring substituents is 1. The first-order valence-corrected chi connectivity index (χ1v) is 6.01. The molecule has 0 aliphatic carbocycles. The predicted molar refractivity (Wildman–Crippen MR) is 69.1 cm³/mol. The van der Waals surface area contributed by atoms with E-state index in [0.29, 0.717) is 0 Å². The van der Waals surface area contributed by atoms with Gasteiger partial charge >= 0.3 is 0 Å². The number of non-ortho nitro benzene ring substituents is 1. The molecule has 0 aliphatic rings. The van der Waals surface area contributed by atoms with E-state index in [1.54, 1.807) is 0 Å². The highest BCUT2D eigenvalue weighted by Gasteiger charge is 2.14. The molecule has 0 unspecified atom stereocenters. The van der Waals surface area contributed by atoms with E-state index in [-0.39, 0.29) is 22.9 Å². The summed E-state index contributed by atoms with van der Waals surface area (Å²) in [5, 5.41) is 10.5. The molecular weight excluding hydrogens is 292 g/mol. The van der Waals surface area contributed by atoms with Crippen molar-refractivity contribution in [3.8, 4) is 11.5 Å². The lowest BCUT2D eigenvalue weighted by atomic mass is 10.2. The Morgan fingerprint density at radius 3 is 2.15 bits per heavy atom. The van der Waals surface area contributed by atoms with E-state index in [1.165, 1.54) is 24.3 Å². The molecular formula is C13H8ClF2NO3. The fourth-order valence-electron chi connectivity index (χ4n) is 1.54. The molecule has 2 rings (SSSR count). The van der Waals surface area contributed by atoms with Crippen LogP contribution in [0.2, 0.25) is 0 Å². The molecule has 0 N–H and O–H groups in total. The van der Waals surface area contributed by atoms with Gasteiger partial charge in [0.1, 0.15) is 5.75 Å². The van der Waals surface area contributed by atoms with Crippen LogP contribution in [0.3, 0.4) is 0 Å². The van der Waals surface area contributed by atoms with Gasteiger partial charge in [-0.1, -0.05) is 0 Å². The standard InChI is InChI=1S/C13H8ClF2NO3/c14-7-8-5-11(15)13(12(16)6-8)20-10-3-1-9(2-4-10)17(18)19/h1-6H,7H2. The number of alkyl halides is 1. The molecule has 0 atom stereocenters. The van der Waals surface area contributed by atoms with Crippen LogP contribution in [0, 0.1) is 21.7 Å². The molecule has 0 saturated heterocycles. The molecule has 0 bridgehead atoms. The third-order valence-corrected chi connectivity index (χ3v) is 2.79. The first-order chi connectivity index (χ1) is 9.51. The van der Waals surface area contributed by atoms with E-state index in [4.69, 9.17) is 16.3 Å². The van der Waals surface area contributed by atoms with Crippen LogP contribution in [-0.4, -0.2) is 4.92 Å². The Labute approximate surface area is 117 Å². The molecule has 4 nitrogen and oxygen atoms in total. The molecule has 0 fully saturated rings. The molecule has 0 amide bonds. The van der Waals surface area contributed by atoms with Gasteiger partial charge in [0, 0.05) is 18.0 Å². The van der Waals surface area contributed by atoms with Gasteiger partial charge in [0.2, 0.25) is 0 Å². The minimum absolute atomic E-state index is 0.0222. The van der Waals surface area contributed by atoms with Crippen molar-refractivity contribution < 1.29 is 18.4 Å². The molecule has 0 radical (unpaired) electrons. The predicted octanol–water partition coefficient (Wildman–Crippen LogP) is 4.40. The third-order valence-electron chi connectivity index (χ3n) is 2.48. The van der Waals surface area contributed by atoms with E-state index in [1.807, 2.05) is 0 Å². The molecule has 7 heteroatoms. The van der Waals surface area contributed by atoms with Crippen LogP contribution in [0.5, 0.6) is 11.5 Å². The molecule has 0 aliphatic heterocycles. The van der Waals surface area contributed by atoms with Crippen LogP contribution in [0.1, 0.15) is 5.56 Å². The van der Waals surface area contributed by atoms with Crippen molar-refractivity contribution in [3.05, 3.63) is 63.7 Å². The number of rotatable bonds is 4. The average Bonchev–Trinajstić information content (AvgIpc) is 2.43. The van der Waals surface area contributed by atoms with Crippen molar-refractivity contribution in [2.24, 2.45) is 0 Å². The summed E-state index contributed by atoms with van der Waals surface area (Å²) >= 11 is 5.49. The molecule has 0 saturated carbocycles. The van der Waals surface area contributed by atoms with Crippen LogP contribution >= 0.6 is 11.6 Å². The summed E-state index contributed by atoms with van der Waals surface area (Å²) in [7, 11) is 0. The van der Waals surface area contributed by atoms with Crippen molar-refractivity contribution in [1.29, 1.82) is 0 Å². The summed E-state index contributed by atoms with van der Waals surface area (Å²) in [6.07, 6.45) is 0. The van der Waals surface area contributed by atoms with Gasteiger partial charge in [-0.3, -0.25) is 10.1 Å². The maximum Gasteiger partial charge on any atom is 0.269 e. The van der Waals surface area contributed by atoms with Gasteiger partial charge in [0.25, 0.3) is 5.69 Å². The van der Waals surface area contributed by atoms with Crippen molar-refractivity contribution in [3.63, 3.8) is 0 Å². The zero-order valence-electron chi connectivity index (χ0n) is 9.98. The molecule has 0 aromatic heterocycles. The third kappa shape index (κ3) is 3.03. The first kappa shape index (κ1) is 14.2. The Morgan fingerprint density at radius 2 is 1.70 bits per heavy atom. The normalized spacial score (nSPS) is 10.3.